The van der Waals surface area contributed by atoms with Gasteiger partial charge >= 0.3 is 0 Å². The second-order valence-electron chi connectivity index (χ2n) is 6.11. The molecule has 2 aromatic rings. The molecule has 3 nitrogen and oxygen atoms in total. The maximum absolute atomic E-state index is 13.7. The fourth-order valence-electron chi connectivity index (χ4n) is 3.11. The van der Waals surface area contributed by atoms with Crippen LogP contribution in [0.25, 0.3) is 0 Å². The van der Waals surface area contributed by atoms with Gasteiger partial charge in [0.25, 0.3) is 0 Å². The first-order chi connectivity index (χ1) is 11.6. The molecule has 0 radical (unpaired) electrons. The van der Waals surface area contributed by atoms with Crippen LogP contribution < -0.4 is 10.6 Å². The van der Waals surface area contributed by atoms with E-state index in [0.717, 1.165) is 35.0 Å². The number of amides is 1. The van der Waals surface area contributed by atoms with Crippen LogP contribution in [-0.2, 0) is 4.79 Å². The van der Waals surface area contributed by atoms with Crippen molar-refractivity contribution in [1.29, 1.82) is 0 Å². The Morgan fingerprint density at radius 2 is 2.00 bits per heavy atom. The van der Waals surface area contributed by atoms with Crippen LogP contribution in [0, 0.1) is 5.82 Å². The lowest BCUT2D eigenvalue weighted by atomic mass is 9.98. The number of nitrogens with one attached hydrogen (secondary N) is 2. The van der Waals surface area contributed by atoms with E-state index in [2.05, 4.69) is 26.6 Å². The van der Waals surface area contributed by atoms with E-state index in [9.17, 15) is 9.18 Å². The zero-order valence-electron chi connectivity index (χ0n) is 13.3. The summed E-state index contributed by atoms with van der Waals surface area (Å²) in [6.07, 6.45) is 2.58. The van der Waals surface area contributed by atoms with E-state index in [-0.39, 0.29) is 23.8 Å². The molecule has 0 aromatic heterocycles. The molecule has 2 aromatic carbocycles. The van der Waals surface area contributed by atoms with E-state index < -0.39 is 0 Å². The first-order valence-electron chi connectivity index (χ1n) is 8.15. The van der Waals surface area contributed by atoms with Crippen molar-refractivity contribution in [2.24, 2.45) is 0 Å². The average Bonchev–Trinajstić information content (AvgIpc) is 3.05. The zero-order chi connectivity index (χ0) is 16.9. The van der Waals surface area contributed by atoms with Gasteiger partial charge in [0.05, 0.1) is 6.04 Å². The molecule has 2 N–H and O–H groups in total. The molecule has 24 heavy (non-hydrogen) atoms. The molecule has 5 heteroatoms. The van der Waals surface area contributed by atoms with Crippen molar-refractivity contribution in [1.82, 2.24) is 10.6 Å². The lowest BCUT2D eigenvalue weighted by Crippen LogP contribution is -2.34. The summed E-state index contributed by atoms with van der Waals surface area (Å²) in [5.41, 5.74) is 1.66. The van der Waals surface area contributed by atoms with E-state index in [1.165, 1.54) is 12.1 Å². The fraction of sp³-hybridized carbons (Fsp3) is 0.316. The monoisotopic (exact) mass is 390 g/mol. The molecule has 3 rings (SSSR count). The molecule has 0 spiro atoms. The lowest BCUT2D eigenvalue weighted by Gasteiger charge is -2.21. The molecule has 1 saturated heterocycles. The summed E-state index contributed by atoms with van der Waals surface area (Å²) in [6.45, 7) is 0.969. The lowest BCUT2D eigenvalue weighted by molar-refractivity contribution is -0.122. The smallest absolute Gasteiger partial charge is 0.222 e. The van der Waals surface area contributed by atoms with Crippen molar-refractivity contribution in [2.75, 3.05) is 6.54 Å². The highest BCUT2D eigenvalue weighted by atomic mass is 79.9. The van der Waals surface area contributed by atoms with Gasteiger partial charge in [-0.3, -0.25) is 4.79 Å². The number of benzene rings is 2. The Labute approximate surface area is 149 Å². The van der Waals surface area contributed by atoms with E-state index in [1.54, 1.807) is 6.07 Å². The van der Waals surface area contributed by atoms with E-state index in [1.807, 2.05) is 30.3 Å². The minimum absolute atomic E-state index is 0.0244. The second-order valence-corrected chi connectivity index (χ2v) is 7.02. The van der Waals surface area contributed by atoms with Crippen molar-refractivity contribution in [3.8, 4) is 0 Å². The second kappa shape index (κ2) is 7.90. The third-order valence-electron chi connectivity index (χ3n) is 4.26. The predicted molar refractivity (Wildman–Crippen MR) is 96.2 cm³/mol. The van der Waals surface area contributed by atoms with Crippen LogP contribution in [0.5, 0.6) is 0 Å². The summed E-state index contributed by atoms with van der Waals surface area (Å²) in [6, 6.07) is 14.0. The molecule has 1 aliphatic rings. The van der Waals surface area contributed by atoms with Crippen LogP contribution in [0.1, 0.15) is 36.4 Å². The van der Waals surface area contributed by atoms with Crippen LogP contribution in [0.3, 0.4) is 0 Å². The normalized spacial score (nSPS) is 18.3. The van der Waals surface area contributed by atoms with Gasteiger partial charge in [-0.05, 0) is 54.8 Å². The molecule has 126 valence electrons. The van der Waals surface area contributed by atoms with Crippen LogP contribution in [0.4, 0.5) is 4.39 Å². The molecule has 0 saturated carbocycles. The molecular formula is C19H20BrFN2O. The first-order valence-corrected chi connectivity index (χ1v) is 8.95. The molecule has 1 aliphatic heterocycles. The van der Waals surface area contributed by atoms with Crippen molar-refractivity contribution in [3.05, 3.63) is 69.9 Å². The molecule has 1 heterocycles. The molecule has 1 fully saturated rings. The van der Waals surface area contributed by atoms with Gasteiger partial charge in [0, 0.05) is 16.9 Å². The average molecular weight is 391 g/mol. The van der Waals surface area contributed by atoms with Gasteiger partial charge in [-0.15, -0.1) is 0 Å². The minimum atomic E-state index is -0.368. The van der Waals surface area contributed by atoms with Crippen LogP contribution >= 0.6 is 15.9 Å². The Bertz CT molecular complexity index is 671. The Morgan fingerprint density at radius 3 is 2.67 bits per heavy atom. The van der Waals surface area contributed by atoms with Gasteiger partial charge in [-0.1, -0.05) is 40.2 Å². The number of rotatable bonds is 5. The van der Waals surface area contributed by atoms with Gasteiger partial charge < -0.3 is 10.6 Å². The van der Waals surface area contributed by atoms with Crippen LogP contribution in [0.15, 0.2) is 53.0 Å². The molecule has 0 aliphatic carbocycles. The topological polar surface area (TPSA) is 41.1 Å². The maximum Gasteiger partial charge on any atom is 0.222 e. The van der Waals surface area contributed by atoms with Gasteiger partial charge in [-0.25, -0.2) is 4.39 Å². The van der Waals surface area contributed by atoms with Crippen molar-refractivity contribution >= 4 is 21.8 Å². The summed E-state index contributed by atoms with van der Waals surface area (Å²) in [4.78, 5) is 12.5. The number of hydrogen-bond acceptors (Lipinski definition) is 2. The molecule has 1 amide bonds. The van der Waals surface area contributed by atoms with Gasteiger partial charge in [-0.2, -0.15) is 0 Å². The first kappa shape index (κ1) is 17.1. The number of halogens is 2. The van der Waals surface area contributed by atoms with Gasteiger partial charge in [0.1, 0.15) is 5.82 Å². The Balaban J connectivity index is 1.83. The SMILES string of the molecule is O=C(CC1CCCN1)NC(c1cccc(F)c1)c1cccc(Br)c1. The van der Waals surface area contributed by atoms with E-state index >= 15 is 0 Å². The molecule has 2 atom stereocenters. The predicted octanol–water partition coefficient (Wildman–Crippen LogP) is 3.94. The van der Waals surface area contributed by atoms with Crippen LogP contribution in [0.2, 0.25) is 0 Å². The van der Waals surface area contributed by atoms with Gasteiger partial charge in [0.15, 0.2) is 0 Å². The zero-order valence-corrected chi connectivity index (χ0v) is 14.9. The van der Waals surface area contributed by atoms with Crippen molar-refractivity contribution in [3.63, 3.8) is 0 Å². The third kappa shape index (κ3) is 4.42. The molecule has 2 unspecified atom stereocenters. The van der Waals surface area contributed by atoms with E-state index in [4.69, 9.17) is 0 Å². The highest BCUT2D eigenvalue weighted by Crippen LogP contribution is 2.25. The summed E-state index contributed by atoms with van der Waals surface area (Å²) in [5.74, 6) is -0.331. The molecule has 0 bridgehead atoms. The standard InChI is InChI=1S/C19H20BrFN2O/c20-15-6-1-4-13(10-15)19(14-5-2-7-16(21)11-14)23-18(24)12-17-8-3-9-22-17/h1-2,4-7,10-11,17,19,22H,3,8-9,12H2,(H,23,24). The minimum Gasteiger partial charge on any atom is -0.345 e. The van der Waals surface area contributed by atoms with Crippen LogP contribution in [-0.4, -0.2) is 18.5 Å². The third-order valence-corrected chi connectivity index (χ3v) is 4.76. The van der Waals surface area contributed by atoms with Crippen molar-refractivity contribution < 1.29 is 9.18 Å². The number of hydrogen-bond donors (Lipinski definition) is 2. The highest BCUT2D eigenvalue weighted by molar-refractivity contribution is 9.10. The Morgan fingerprint density at radius 1 is 1.25 bits per heavy atom. The van der Waals surface area contributed by atoms with Gasteiger partial charge in [0.2, 0.25) is 5.91 Å². The Kier molecular flexibility index (Phi) is 5.63. The molecular weight excluding hydrogens is 371 g/mol. The fourth-order valence-corrected chi connectivity index (χ4v) is 3.52. The number of carbonyl (C=O) groups is 1. The highest BCUT2D eigenvalue weighted by Gasteiger charge is 2.22. The summed E-state index contributed by atoms with van der Waals surface area (Å²) < 4.78 is 14.6. The van der Waals surface area contributed by atoms with Crippen molar-refractivity contribution in [2.45, 2.75) is 31.3 Å². The summed E-state index contributed by atoms with van der Waals surface area (Å²) in [5, 5.41) is 6.39. The largest absolute Gasteiger partial charge is 0.345 e. The summed E-state index contributed by atoms with van der Waals surface area (Å²) >= 11 is 3.46. The summed E-state index contributed by atoms with van der Waals surface area (Å²) in [7, 11) is 0. The quantitative estimate of drug-likeness (QED) is 0.811. The maximum atomic E-state index is 13.7. The van der Waals surface area contributed by atoms with E-state index in [0.29, 0.717) is 6.42 Å². The number of carbonyl (C=O) groups excluding carboxylic acids is 1. The Hall–Kier alpha value is -1.72.